The summed E-state index contributed by atoms with van der Waals surface area (Å²) >= 11 is 0. The Morgan fingerprint density at radius 2 is 1.83 bits per heavy atom. The maximum Gasteiger partial charge on any atom is 0.162 e. The molecule has 0 spiro atoms. The Morgan fingerprint density at radius 1 is 1.13 bits per heavy atom. The highest BCUT2D eigenvalue weighted by Gasteiger charge is 2.22. The molecule has 2 heterocycles. The molecule has 5 nitrogen and oxygen atoms in total. The van der Waals surface area contributed by atoms with Crippen LogP contribution in [0.1, 0.15) is 37.7 Å². The summed E-state index contributed by atoms with van der Waals surface area (Å²) < 4.78 is 2.00. The monoisotopic (exact) mass is 305 g/mol. The van der Waals surface area contributed by atoms with Crippen LogP contribution in [0.25, 0.3) is 22.2 Å². The molecule has 2 N–H and O–H groups in total. The van der Waals surface area contributed by atoms with E-state index in [-0.39, 0.29) is 0 Å². The third-order valence-corrected chi connectivity index (χ3v) is 4.87. The van der Waals surface area contributed by atoms with Gasteiger partial charge in [0, 0.05) is 6.54 Å². The van der Waals surface area contributed by atoms with E-state index in [9.17, 15) is 5.26 Å². The van der Waals surface area contributed by atoms with Crippen LogP contribution in [-0.2, 0) is 6.54 Å². The molecule has 0 aliphatic heterocycles. The van der Waals surface area contributed by atoms with Crippen LogP contribution in [0.3, 0.4) is 0 Å². The highest BCUT2D eigenvalue weighted by Crippen LogP contribution is 2.31. The average molecular weight is 305 g/mol. The smallest absolute Gasteiger partial charge is 0.162 e. The van der Waals surface area contributed by atoms with Crippen LogP contribution >= 0.6 is 0 Å². The molecule has 3 aromatic rings. The van der Waals surface area contributed by atoms with Gasteiger partial charge in [-0.05, 0) is 30.9 Å². The summed E-state index contributed by atoms with van der Waals surface area (Å²) in [5, 5.41) is 9.50. The van der Waals surface area contributed by atoms with Crippen molar-refractivity contribution < 1.29 is 0 Å². The van der Waals surface area contributed by atoms with Crippen molar-refractivity contribution in [3.8, 4) is 6.07 Å². The molecule has 0 atom stereocenters. The van der Waals surface area contributed by atoms with E-state index in [0.717, 1.165) is 23.2 Å². The predicted octanol–water partition coefficient (Wildman–Crippen LogP) is 3.62. The number of nitrogen functional groups attached to an aromatic ring is 1. The molecule has 1 aliphatic rings. The number of para-hydroxylation sites is 2. The van der Waals surface area contributed by atoms with Crippen LogP contribution in [0.4, 0.5) is 5.82 Å². The maximum absolute atomic E-state index is 9.50. The minimum Gasteiger partial charge on any atom is -0.384 e. The minimum atomic E-state index is 0.453. The second-order valence-electron chi connectivity index (χ2n) is 6.37. The Hall–Kier alpha value is -2.61. The number of aromatic nitrogens is 3. The number of hydrogen-bond donors (Lipinski definition) is 1. The zero-order valence-electron chi connectivity index (χ0n) is 13.0. The molecule has 116 valence electrons. The normalized spacial score (nSPS) is 16.0. The second-order valence-corrected chi connectivity index (χ2v) is 6.37. The van der Waals surface area contributed by atoms with Crippen molar-refractivity contribution in [2.45, 2.75) is 38.6 Å². The number of nitrogens with two attached hydrogens (primary N) is 1. The lowest BCUT2D eigenvalue weighted by atomic mass is 9.89. The largest absolute Gasteiger partial charge is 0.384 e. The summed E-state index contributed by atoms with van der Waals surface area (Å²) in [4.78, 5) is 9.38. The molecule has 0 saturated heterocycles. The standard InChI is InChI=1S/C18H19N5/c19-10-13-16-18(22-15-9-5-4-8-14(15)21-16)23(17(13)20)11-12-6-2-1-3-7-12/h4-5,8-9,12H,1-3,6-7,11,20H2. The first-order chi connectivity index (χ1) is 11.3. The highest BCUT2D eigenvalue weighted by atomic mass is 15.1. The van der Waals surface area contributed by atoms with Gasteiger partial charge in [0.05, 0.1) is 11.0 Å². The molecule has 1 aromatic carbocycles. The lowest BCUT2D eigenvalue weighted by Gasteiger charge is -2.22. The van der Waals surface area contributed by atoms with Crippen molar-refractivity contribution in [3.63, 3.8) is 0 Å². The van der Waals surface area contributed by atoms with E-state index in [2.05, 4.69) is 11.1 Å². The molecule has 0 amide bonds. The Kier molecular flexibility index (Phi) is 3.38. The number of fused-ring (bicyclic) bond motifs is 2. The summed E-state index contributed by atoms with van der Waals surface area (Å²) in [7, 11) is 0. The second kappa shape index (κ2) is 5.54. The predicted molar refractivity (Wildman–Crippen MR) is 90.7 cm³/mol. The van der Waals surface area contributed by atoms with Gasteiger partial charge in [-0.1, -0.05) is 31.4 Å². The van der Waals surface area contributed by atoms with Crippen molar-refractivity contribution >= 4 is 28.0 Å². The fourth-order valence-corrected chi connectivity index (χ4v) is 3.64. The molecule has 1 aliphatic carbocycles. The van der Waals surface area contributed by atoms with Crippen molar-refractivity contribution in [1.82, 2.24) is 14.5 Å². The van der Waals surface area contributed by atoms with Crippen molar-refractivity contribution in [2.75, 3.05) is 5.73 Å². The lowest BCUT2D eigenvalue weighted by molar-refractivity contribution is 0.323. The van der Waals surface area contributed by atoms with Gasteiger partial charge >= 0.3 is 0 Å². The number of anilines is 1. The van der Waals surface area contributed by atoms with Gasteiger partial charge in [-0.25, -0.2) is 9.97 Å². The van der Waals surface area contributed by atoms with Gasteiger partial charge in [0.2, 0.25) is 0 Å². The van der Waals surface area contributed by atoms with Crippen molar-refractivity contribution in [2.24, 2.45) is 5.92 Å². The molecule has 0 bridgehead atoms. The van der Waals surface area contributed by atoms with Gasteiger partial charge in [-0.15, -0.1) is 0 Å². The number of hydrogen-bond acceptors (Lipinski definition) is 4. The zero-order chi connectivity index (χ0) is 15.8. The van der Waals surface area contributed by atoms with Gasteiger partial charge in [-0.2, -0.15) is 5.26 Å². The highest BCUT2D eigenvalue weighted by molar-refractivity contribution is 5.92. The minimum absolute atomic E-state index is 0.453. The molecule has 2 aromatic heterocycles. The van der Waals surface area contributed by atoms with E-state index in [1.54, 1.807) is 0 Å². The van der Waals surface area contributed by atoms with E-state index in [1.807, 2.05) is 28.8 Å². The van der Waals surface area contributed by atoms with E-state index in [1.165, 1.54) is 32.1 Å². The number of nitriles is 1. The molecule has 0 radical (unpaired) electrons. The molecule has 5 heteroatoms. The Morgan fingerprint density at radius 3 is 2.52 bits per heavy atom. The van der Waals surface area contributed by atoms with Crippen LogP contribution in [-0.4, -0.2) is 14.5 Å². The number of rotatable bonds is 2. The molecular formula is C18H19N5. The average Bonchev–Trinajstić information content (AvgIpc) is 2.85. The van der Waals surface area contributed by atoms with Gasteiger partial charge in [-0.3, -0.25) is 0 Å². The van der Waals surface area contributed by atoms with E-state index in [0.29, 0.717) is 22.8 Å². The molecule has 4 rings (SSSR count). The third kappa shape index (κ3) is 2.31. The zero-order valence-corrected chi connectivity index (χ0v) is 13.0. The Bertz CT molecular complexity index is 912. The molecule has 0 unspecified atom stereocenters. The van der Waals surface area contributed by atoms with Gasteiger partial charge in [0.1, 0.15) is 23.0 Å². The van der Waals surface area contributed by atoms with Crippen LogP contribution in [0.15, 0.2) is 24.3 Å². The molecular weight excluding hydrogens is 286 g/mol. The fraction of sp³-hybridized carbons (Fsp3) is 0.389. The van der Waals surface area contributed by atoms with E-state index < -0.39 is 0 Å². The third-order valence-electron chi connectivity index (χ3n) is 4.87. The molecule has 1 saturated carbocycles. The quantitative estimate of drug-likeness (QED) is 0.784. The SMILES string of the molecule is N#Cc1c(N)n(CC2CCCCC2)c2nc3ccccc3nc12. The van der Waals surface area contributed by atoms with Gasteiger partial charge in [0.25, 0.3) is 0 Å². The van der Waals surface area contributed by atoms with Crippen LogP contribution < -0.4 is 5.73 Å². The van der Waals surface area contributed by atoms with Gasteiger partial charge < -0.3 is 10.3 Å². The van der Waals surface area contributed by atoms with Gasteiger partial charge in [0.15, 0.2) is 5.65 Å². The summed E-state index contributed by atoms with van der Waals surface area (Å²) in [6.07, 6.45) is 6.34. The first-order valence-electron chi connectivity index (χ1n) is 8.22. The Balaban J connectivity index is 1.89. The topological polar surface area (TPSA) is 80.5 Å². The van der Waals surface area contributed by atoms with E-state index in [4.69, 9.17) is 10.7 Å². The van der Waals surface area contributed by atoms with E-state index >= 15 is 0 Å². The number of benzene rings is 1. The fourth-order valence-electron chi connectivity index (χ4n) is 3.64. The van der Waals surface area contributed by atoms with Crippen LogP contribution in [0, 0.1) is 17.2 Å². The summed E-state index contributed by atoms with van der Waals surface area (Å²) in [5.74, 6) is 1.12. The van der Waals surface area contributed by atoms with Crippen LogP contribution in [0.2, 0.25) is 0 Å². The van der Waals surface area contributed by atoms with Crippen LogP contribution in [0.5, 0.6) is 0 Å². The first kappa shape index (κ1) is 14.0. The molecule has 1 fully saturated rings. The van der Waals surface area contributed by atoms with Crippen molar-refractivity contribution in [3.05, 3.63) is 29.8 Å². The lowest BCUT2D eigenvalue weighted by Crippen LogP contribution is -2.16. The maximum atomic E-state index is 9.50. The van der Waals surface area contributed by atoms with Crippen molar-refractivity contribution in [1.29, 1.82) is 5.26 Å². The summed E-state index contributed by atoms with van der Waals surface area (Å²) in [6.45, 7) is 0.830. The summed E-state index contributed by atoms with van der Waals surface area (Å²) in [5.41, 5.74) is 9.72. The summed E-state index contributed by atoms with van der Waals surface area (Å²) in [6, 6.07) is 9.95. The first-order valence-corrected chi connectivity index (χ1v) is 8.22. The number of nitrogens with zero attached hydrogens (tertiary/aromatic N) is 4. The molecule has 23 heavy (non-hydrogen) atoms. The Labute approximate surface area is 134 Å².